The molecule has 1 N–H and O–H groups in total. The molecule has 0 atom stereocenters. The van der Waals surface area contributed by atoms with Crippen LogP contribution in [0.4, 0.5) is 0 Å². The van der Waals surface area contributed by atoms with E-state index in [1.54, 1.807) is 0 Å². The average molecular weight is 1160 g/mol. The fourth-order valence-electron chi connectivity index (χ4n) is 9.80. The monoisotopic (exact) mass is 1160 g/mol. The number of imidazole rings is 1. The van der Waals surface area contributed by atoms with E-state index in [9.17, 15) is 5.11 Å². The zero-order valence-electron chi connectivity index (χ0n) is 45.1. The molecular formula is C66H67BN3O3Pt-. The van der Waals surface area contributed by atoms with E-state index < -0.39 is 18.3 Å². The van der Waals surface area contributed by atoms with Crippen molar-refractivity contribution in [3.8, 4) is 78.6 Å². The van der Waals surface area contributed by atoms with Gasteiger partial charge < -0.3 is 14.4 Å². The van der Waals surface area contributed by atoms with Gasteiger partial charge in [-0.2, -0.15) is 0 Å². The van der Waals surface area contributed by atoms with E-state index in [-0.39, 0.29) is 43.1 Å². The Morgan fingerprint density at radius 1 is 0.527 bits per heavy atom. The molecule has 0 spiro atoms. The number of benzene rings is 7. The van der Waals surface area contributed by atoms with Gasteiger partial charge in [-0.3, -0.25) is 9.55 Å². The molecule has 74 heavy (non-hydrogen) atoms. The first-order valence-electron chi connectivity index (χ1n) is 25.6. The van der Waals surface area contributed by atoms with E-state index in [0.717, 1.165) is 94.6 Å². The fourth-order valence-corrected chi connectivity index (χ4v) is 9.80. The molecule has 1 fully saturated rings. The minimum Gasteiger partial charge on any atom is -0.507 e. The van der Waals surface area contributed by atoms with Crippen LogP contribution in [0.15, 0.2) is 164 Å². The van der Waals surface area contributed by atoms with Crippen molar-refractivity contribution < 1.29 is 35.5 Å². The van der Waals surface area contributed by atoms with Crippen LogP contribution >= 0.6 is 0 Å². The Balaban J connectivity index is 0.00000672. The number of rotatable bonds is 8. The van der Waals surface area contributed by atoms with Crippen molar-refractivity contribution in [3.63, 3.8) is 0 Å². The van der Waals surface area contributed by atoms with Crippen molar-refractivity contribution in [2.75, 3.05) is 0 Å². The summed E-state index contributed by atoms with van der Waals surface area (Å²) < 4.78 is 15.0. The molecule has 8 heteroatoms. The van der Waals surface area contributed by atoms with Gasteiger partial charge in [-0.1, -0.05) is 189 Å². The minimum absolute atomic E-state index is 0. The molecule has 3 heterocycles. The predicted molar refractivity (Wildman–Crippen MR) is 304 cm³/mol. The maximum absolute atomic E-state index is 12.6. The molecule has 2 aromatic heterocycles. The quantitative estimate of drug-likeness (QED) is 0.121. The average Bonchev–Trinajstić information content (AvgIpc) is 3.85. The first-order valence-corrected chi connectivity index (χ1v) is 25.6. The fraction of sp³-hybridized carbons (Fsp3) is 0.273. The van der Waals surface area contributed by atoms with Crippen LogP contribution in [0.3, 0.4) is 0 Å². The van der Waals surface area contributed by atoms with Crippen LogP contribution < -0.4 is 5.46 Å². The molecule has 7 aromatic carbocycles. The number of nitrogens with zero attached hydrogens (tertiary/aromatic N) is 3. The number of para-hydroxylation sites is 1. The number of phenolic OH excluding ortho intramolecular Hbond substituents is 1. The van der Waals surface area contributed by atoms with Crippen molar-refractivity contribution >= 4 is 23.6 Å². The summed E-state index contributed by atoms with van der Waals surface area (Å²) in [6.07, 6.45) is 1.89. The Morgan fingerprint density at radius 3 is 1.72 bits per heavy atom. The van der Waals surface area contributed by atoms with Gasteiger partial charge >= 0.3 is 7.12 Å². The summed E-state index contributed by atoms with van der Waals surface area (Å²) in [6, 6.07) is 59.6. The Kier molecular flexibility index (Phi) is 13.8. The van der Waals surface area contributed by atoms with Crippen LogP contribution in [0.1, 0.15) is 107 Å². The van der Waals surface area contributed by atoms with Gasteiger partial charge in [-0.25, -0.2) is 4.98 Å². The molecule has 1 aliphatic rings. The molecule has 1 saturated heterocycles. The molecule has 0 amide bonds. The molecule has 0 aliphatic carbocycles. The molecule has 378 valence electrons. The van der Waals surface area contributed by atoms with E-state index >= 15 is 0 Å². The molecule has 1 aliphatic heterocycles. The Bertz CT molecular complexity index is 3510. The summed E-state index contributed by atoms with van der Waals surface area (Å²) in [7, 11) is -0.432. The molecule has 0 bridgehead atoms. The van der Waals surface area contributed by atoms with Crippen molar-refractivity contribution in [1.29, 1.82) is 0 Å². The number of aromatic nitrogens is 3. The maximum atomic E-state index is 12.6. The first-order chi connectivity index (χ1) is 34.5. The third-order valence-corrected chi connectivity index (χ3v) is 15.0. The first kappa shape index (κ1) is 52.5. The van der Waals surface area contributed by atoms with Gasteiger partial charge in [0.05, 0.1) is 33.5 Å². The van der Waals surface area contributed by atoms with Gasteiger partial charge in [0.2, 0.25) is 0 Å². The molecule has 0 saturated carbocycles. The summed E-state index contributed by atoms with van der Waals surface area (Å²) in [5.74, 6) is 0.894. The number of hydrogen-bond donors (Lipinski definition) is 1. The Hall–Kier alpha value is -6.37. The van der Waals surface area contributed by atoms with Gasteiger partial charge in [0.15, 0.2) is 0 Å². The molecule has 0 radical (unpaired) electrons. The van der Waals surface area contributed by atoms with E-state index in [1.165, 1.54) is 0 Å². The van der Waals surface area contributed by atoms with Gasteiger partial charge in [0, 0.05) is 44.1 Å². The van der Waals surface area contributed by atoms with Crippen LogP contribution in [0.2, 0.25) is 0 Å². The molecule has 0 unspecified atom stereocenters. The van der Waals surface area contributed by atoms with Crippen LogP contribution in [0, 0.1) is 6.07 Å². The van der Waals surface area contributed by atoms with Crippen molar-refractivity contribution in [1.82, 2.24) is 14.5 Å². The second kappa shape index (κ2) is 19.4. The standard InChI is InChI=1S/C66H67BN3O3.Pt/c1-62(2,3)49-36-47(35-48(37-49)56-39-46(33-34-68-56)43-27-30-51(31-28-43)67-72-65(10,11)66(12,13)73-67)52-25-20-26-58-59(52)69-61(54-40-50(63(4,5)6)41-55(60(54)71)64(7,8)9)70(58)57-32-29-45(42-21-16-14-17-22-42)38-53(57)44-23-18-15-19-24-44;/h14-34,36-41,71H,1-13H3;/q-1;. The molecule has 10 rings (SSSR count). The van der Waals surface area contributed by atoms with Crippen LogP contribution in [0.25, 0.3) is 83.9 Å². The minimum atomic E-state index is -0.432. The predicted octanol–water partition coefficient (Wildman–Crippen LogP) is 16.1. The largest absolute Gasteiger partial charge is 0.507 e. The SMILES string of the molecule is CC(C)(C)c1cc(-c2cc(-c3ccc(B4OC(C)(C)C(C)(C)O4)cc3)ccn2)[c-]c(-c2cccc3c2nc(-c2cc(C(C)(C)C)cc(C(C)(C)C)c2O)n3-c2ccc(-c3ccccc3)cc2-c2ccccc2)c1.[Pt]. The van der Waals surface area contributed by atoms with Crippen LogP contribution in [-0.4, -0.2) is 38.0 Å². The summed E-state index contributed by atoms with van der Waals surface area (Å²) in [4.78, 5) is 10.7. The van der Waals surface area contributed by atoms with Crippen LogP contribution in [0.5, 0.6) is 5.75 Å². The van der Waals surface area contributed by atoms with E-state index in [4.69, 9.17) is 19.3 Å². The summed E-state index contributed by atoms with van der Waals surface area (Å²) in [6.45, 7) is 28.2. The summed E-state index contributed by atoms with van der Waals surface area (Å²) in [5.41, 5.74) is 15.9. The van der Waals surface area contributed by atoms with E-state index in [1.807, 2.05) is 6.20 Å². The van der Waals surface area contributed by atoms with Crippen molar-refractivity contribution in [2.45, 2.75) is 117 Å². The maximum Gasteiger partial charge on any atom is 0.494 e. The normalized spacial score (nSPS) is 14.6. The number of pyridine rings is 1. The molecule has 6 nitrogen and oxygen atoms in total. The number of hydrogen-bond acceptors (Lipinski definition) is 5. The number of phenols is 1. The Labute approximate surface area is 453 Å². The van der Waals surface area contributed by atoms with Gasteiger partial charge in [0.25, 0.3) is 0 Å². The number of fused-ring (bicyclic) bond motifs is 1. The van der Waals surface area contributed by atoms with Gasteiger partial charge in [-0.05, 0) is 113 Å². The number of aromatic hydroxyl groups is 1. The van der Waals surface area contributed by atoms with E-state index in [0.29, 0.717) is 11.4 Å². The second-order valence-electron chi connectivity index (χ2n) is 23.9. The van der Waals surface area contributed by atoms with Crippen molar-refractivity contribution in [3.05, 3.63) is 187 Å². The zero-order valence-corrected chi connectivity index (χ0v) is 47.4. The smallest absolute Gasteiger partial charge is 0.494 e. The second-order valence-corrected chi connectivity index (χ2v) is 23.9. The third-order valence-electron chi connectivity index (χ3n) is 15.0. The summed E-state index contributed by atoms with van der Waals surface area (Å²) >= 11 is 0. The summed E-state index contributed by atoms with van der Waals surface area (Å²) in [5, 5.41) is 12.6. The zero-order chi connectivity index (χ0) is 51.8. The van der Waals surface area contributed by atoms with Crippen molar-refractivity contribution in [2.24, 2.45) is 0 Å². The van der Waals surface area contributed by atoms with Gasteiger partial charge in [0.1, 0.15) is 11.6 Å². The molecule has 9 aromatic rings. The molecular weight excluding hydrogens is 1090 g/mol. The van der Waals surface area contributed by atoms with E-state index in [2.05, 4.69) is 258 Å². The van der Waals surface area contributed by atoms with Gasteiger partial charge in [-0.15, -0.1) is 29.3 Å². The Morgan fingerprint density at radius 2 is 1.09 bits per heavy atom. The topological polar surface area (TPSA) is 69.4 Å². The van der Waals surface area contributed by atoms with Crippen LogP contribution in [-0.2, 0) is 46.6 Å². The third kappa shape index (κ3) is 9.99.